The van der Waals surface area contributed by atoms with Crippen LogP contribution in [0.2, 0.25) is 5.02 Å². The minimum Gasteiger partial charge on any atom is -0.497 e. The van der Waals surface area contributed by atoms with Crippen molar-refractivity contribution in [2.75, 3.05) is 7.11 Å². The molecule has 0 aliphatic heterocycles. The van der Waals surface area contributed by atoms with Gasteiger partial charge in [0.15, 0.2) is 0 Å². The van der Waals surface area contributed by atoms with Gasteiger partial charge in [-0.1, -0.05) is 71.5 Å². The fourth-order valence-corrected chi connectivity index (χ4v) is 4.63. The molecule has 0 N–H and O–H groups in total. The summed E-state index contributed by atoms with van der Waals surface area (Å²) in [6, 6.07) is 11.7. The molecule has 0 aromatic heterocycles. The van der Waals surface area contributed by atoms with Crippen LogP contribution >= 0.6 is 59.4 Å². The van der Waals surface area contributed by atoms with Crippen molar-refractivity contribution in [3.63, 3.8) is 0 Å². The van der Waals surface area contributed by atoms with E-state index in [1.165, 1.54) is 0 Å². The van der Waals surface area contributed by atoms with E-state index in [0.717, 1.165) is 25.8 Å². The van der Waals surface area contributed by atoms with Crippen molar-refractivity contribution in [1.29, 1.82) is 0 Å². The van der Waals surface area contributed by atoms with E-state index >= 15 is 0 Å². The van der Waals surface area contributed by atoms with Crippen LogP contribution in [0.5, 0.6) is 5.75 Å². The van der Waals surface area contributed by atoms with E-state index in [0.29, 0.717) is 5.02 Å². The van der Waals surface area contributed by atoms with Crippen molar-refractivity contribution in [3.05, 3.63) is 61.5 Å². The summed E-state index contributed by atoms with van der Waals surface area (Å²) >= 11 is 16.8. The number of rotatable bonds is 3. The maximum absolute atomic E-state index is 5.97. The Hall–Kier alpha value is -0.0300. The fourth-order valence-electron chi connectivity index (χ4n) is 1.71. The third-order valence-electron chi connectivity index (χ3n) is 2.72. The van der Waals surface area contributed by atoms with Gasteiger partial charge in [-0.05, 0) is 35.4 Å². The Labute approximate surface area is 142 Å². The molecule has 19 heavy (non-hydrogen) atoms. The molecule has 0 saturated carbocycles. The Kier molecular flexibility index (Phi) is 5.35. The van der Waals surface area contributed by atoms with E-state index in [4.69, 9.17) is 16.3 Å². The maximum atomic E-state index is 5.97. The third kappa shape index (κ3) is 3.54. The highest BCUT2D eigenvalue weighted by atomic mass is 79.9. The summed E-state index contributed by atoms with van der Waals surface area (Å²) < 4.78 is 7.18. The summed E-state index contributed by atoms with van der Waals surface area (Å²) in [6.07, 6.45) is 0. The molecule has 0 spiro atoms. The summed E-state index contributed by atoms with van der Waals surface area (Å²) in [4.78, 5) is 0.0689. The first-order valence-corrected chi connectivity index (χ1v) is 8.33. The first-order chi connectivity index (χ1) is 9.02. The second-order valence-corrected chi connectivity index (χ2v) is 6.98. The molecule has 0 amide bonds. The van der Waals surface area contributed by atoms with Crippen LogP contribution in [0.4, 0.5) is 0 Å². The van der Waals surface area contributed by atoms with Crippen LogP contribution in [0, 0.1) is 0 Å². The second-order valence-electron chi connectivity index (χ2n) is 3.92. The summed E-state index contributed by atoms with van der Waals surface area (Å²) in [5.41, 5.74) is 2.25. The van der Waals surface area contributed by atoms with Gasteiger partial charge in [-0.15, -0.1) is 0 Å². The Morgan fingerprint density at radius 2 is 1.58 bits per heavy atom. The largest absolute Gasteiger partial charge is 0.497 e. The summed E-state index contributed by atoms with van der Waals surface area (Å²) in [6.45, 7) is 0. The number of halogens is 4. The van der Waals surface area contributed by atoms with Gasteiger partial charge in [-0.3, -0.25) is 0 Å². The second kappa shape index (κ2) is 6.61. The van der Waals surface area contributed by atoms with Crippen molar-refractivity contribution in [2.45, 2.75) is 4.83 Å². The van der Waals surface area contributed by atoms with E-state index in [1.807, 2.05) is 36.4 Å². The molecule has 2 rings (SSSR count). The van der Waals surface area contributed by atoms with Crippen LogP contribution in [0.25, 0.3) is 0 Å². The normalized spacial score (nSPS) is 12.3. The molecule has 0 heterocycles. The molecule has 0 fully saturated rings. The van der Waals surface area contributed by atoms with Gasteiger partial charge in [0.25, 0.3) is 0 Å². The van der Waals surface area contributed by atoms with Crippen molar-refractivity contribution < 1.29 is 4.74 Å². The van der Waals surface area contributed by atoms with Gasteiger partial charge < -0.3 is 4.74 Å². The quantitative estimate of drug-likeness (QED) is 0.476. The molecular weight excluding hydrogens is 459 g/mol. The standard InChI is InChI=1S/C14H10Br3ClO/c1-19-9-3-5-11(13(16)7-9)14(17)10-4-2-8(18)6-12(10)15/h2-7,14H,1H3. The van der Waals surface area contributed by atoms with Crippen LogP contribution < -0.4 is 4.74 Å². The topological polar surface area (TPSA) is 9.23 Å². The van der Waals surface area contributed by atoms with E-state index in [9.17, 15) is 0 Å². The first kappa shape index (κ1) is 15.4. The molecule has 5 heteroatoms. The zero-order valence-corrected chi connectivity index (χ0v) is 15.5. The van der Waals surface area contributed by atoms with E-state index in [1.54, 1.807) is 7.11 Å². The molecule has 0 radical (unpaired) electrons. The Morgan fingerprint density at radius 1 is 1.00 bits per heavy atom. The Morgan fingerprint density at radius 3 is 2.11 bits per heavy atom. The lowest BCUT2D eigenvalue weighted by Crippen LogP contribution is -1.96. The van der Waals surface area contributed by atoms with Crippen molar-refractivity contribution in [3.8, 4) is 5.75 Å². The van der Waals surface area contributed by atoms with Crippen molar-refractivity contribution in [1.82, 2.24) is 0 Å². The van der Waals surface area contributed by atoms with E-state index in [-0.39, 0.29) is 4.83 Å². The zero-order valence-electron chi connectivity index (χ0n) is 9.96. The molecule has 0 saturated heterocycles. The minimum atomic E-state index is 0.0689. The van der Waals surface area contributed by atoms with Crippen LogP contribution in [0.3, 0.4) is 0 Å². The van der Waals surface area contributed by atoms with Crippen molar-refractivity contribution in [2.24, 2.45) is 0 Å². The molecule has 0 aliphatic rings. The average Bonchev–Trinajstić information content (AvgIpc) is 2.37. The maximum Gasteiger partial charge on any atom is 0.120 e. The molecule has 0 aliphatic carbocycles. The highest BCUT2D eigenvalue weighted by Crippen LogP contribution is 2.40. The van der Waals surface area contributed by atoms with Crippen LogP contribution in [-0.2, 0) is 0 Å². The van der Waals surface area contributed by atoms with Crippen LogP contribution in [-0.4, -0.2) is 7.11 Å². The predicted molar refractivity (Wildman–Crippen MR) is 90.6 cm³/mol. The summed E-state index contributed by atoms with van der Waals surface area (Å²) in [7, 11) is 1.66. The first-order valence-electron chi connectivity index (χ1n) is 5.45. The molecule has 1 unspecified atom stereocenters. The van der Waals surface area contributed by atoms with Crippen LogP contribution in [0.1, 0.15) is 16.0 Å². The Balaban J connectivity index is 2.41. The summed E-state index contributed by atoms with van der Waals surface area (Å²) in [5, 5.41) is 0.712. The summed E-state index contributed by atoms with van der Waals surface area (Å²) in [5.74, 6) is 0.825. The smallest absolute Gasteiger partial charge is 0.120 e. The highest BCUT2D eigenvalue weighted by molar-refractivity contribution is 9.11. The van der Waals surface area contributed by atoms with E-state index in [2.05, 4.69) is 47.8 Å². The number of ether oxygens (including phenoxy) is 1. The van der Waals surface area contributed by atoms with Gasteiger partial charge in [-0.25, -0.2) is 0 Å². The lowest BCUT2D eigenvalue weighted by atomic mass is 10.0. The van der Waals surface area contributed by atoms with Gasteiger partial charge >= 0.3 is 0 Å². The zero-order chi connectivity index (χ0) is 14.0. The molecule has 1 atom stereocenters. The number of hydrogen-bond donors (Lipinski definition) is 0. The minimum absolute atomic E-state index is 0.0689. The highest BCUT2D eigenvalue weighted by Gasteiger charge is 2.16. The molecular formula is C14H10Br3ClO. The molecule has 1 nitrogen and oxygen atoms in total. The average molecular weight is 469 g/mol. The lowest BCUT2D eigenvalue weighted by Gasteiger charge is -2.15. The number of benzene rings is 2. The van der Waals surface area contributed by atoms with Gasteiger partial charge in [0.2, 0.25) is 0 Å². The molecule has 2 aromatic carbocycles. The number of alkyl halides is 1. The van der Waals surface area contributed by atoms with Crippen LogP contribution in [0.15, 0.2) is 45.3 Å². The molecule has 0 bridgehead atoms. The van der Waals surface area contributed by atoms with Gasteiger partial charge in [0, 0.05) is 14.0 Å². The third-order valence-corrected chi connectivity index (χ3v) is 5.31. The van der Waals surface area contributed by atoms with Gasteiger partial charge in [-0.2, -0.15) is 0 Å². The Bertz CT molecular complexity index is 601. The van der Waals surface area contributed by atoms with Gasteiger partial charge in [0.1, 0.15) is 5.75 Å². The molecule has 2 aromatic rings. The SMILES string of the molecule is COc1ccc(C(Br)c2ccc(Cl)cc2Br)c(Br)c1. The number of methoxy groups -OCH3 is 1. The molecule has 100 valence electrons. The fraction of sp³-hybridized carbons (Fsp3) is 0.143. The van der Waals surface area contributed by atoms with E-state index < -0.39 is 0 Å². The number of hydrogen-bond acceptors (Lipinski definition) is 1. The monoisotopic (exact) mass is 466 g/mol. The van der Waals surface area contributed by atoms with Gasteiger partial charge in [0.05, 0.1) is 11.9 Å². The predicted octanol–water partition coefficient (Wildman–Crippen LogP) is 6.36. The van der Waals surface area contributed by atoms with Crippen molar-refractivity contribution >= 4 is 59.4 Å². The lowest BCUT2D eigenvalue weighted by molar-refractivity contribution is 0.414.